The highest BCUT2D eigenvalue weighted by Gasteiger charge is 2.36. The molecule has 2 heterocycles. The van der Waals surface area contributed by atoms with Crippen molar-refractivity contribution in [2.75, 3.05) is 25.5 Å². The van der Waals surface area contributed by atoms with Gasteiger partial charge in [0, 0.05) is 30.9 Å². The second-order valence-corrected chi connectivity index (χ2v) is 8.92. The Bertz CT molecular complexity index is 1150. The zero-order valence-corrected chi connectivity index (χ0v) is 20.3. The van der Waals surface area contributed by atoms with Crippen molar-refractivity contribution in [3.8, 4) is 11.6 Å². The van der Waals surface area contributed by atoms with Crippen molar-refractivity contribution in [1.82, 2.24) is 19.7 Å². The number of aromatic nitrogens is 3. The molecular weight excluding hydrogens is 446 g/mol. The van der Waals surface area contributed by atoms with E-state index in [4.69, 9.17) is 9.47 Å². The van der Waals surface area contributed by atoms with E-state index >= 15 is 0 Å². The number of carbonyl (C=O) groups excluding carboxylic acids is 2. The molecule has 1 aliphatic rings. The molecule has 0 radical (unpaired) electrons. The molecule has 3 aromatic rings. The topological polar surface area (TPSA) is 98.6 Å². The molecule has 4 rings (SSSR count). The number of amides is 2. The highest BCUT2D eigenvalue weighted by molar-refractivity contribution is 5.93. The van der Waals surface area contributed by atoms with Crippen LogP contribution in [0.3, 0.4) is 0 Å². The first-order valence-electron chi connectivity index (χ1n) is 11.7. The van der Waals surface area contributed by atoms with Gasteiger partial charge in [-0.25, -0.2) is 4.98 Å². The van der Waals surface area contributed by atoms with E-state index in [1.165, 1.54) is 10.2 Å². The van der Waals surface area contributed by atoms with Gasteiger partial charge in [0.2, 0.25) is 17.7 Å². The minimum Gasteiger partial charge on any atom is -0.492 e. The zero-order chi connectivity index (χ0) is 24.8. The lowest BCUT2D eigenvalue weighted by Gasteiger charge is -2.33. The lowest BCUT2D eigenvalue weighted by Crippen LogP contribution is -2.40. The molecule has 2 aromatic heterocycles. The predicted molar refractivity (Wildman–Crippen MR) is 131 cm³/mol. The SMILES string of the molecule is Cc1ccc(OCCN(C)C(=O)Cn2cc(NC(=O)C3CC(Oc4cccc(C)n4)C3)cn2)cc1. The van der Waals surface area contributed by atoms with E-state index in [9.17, 15) is 9.59 Å². The van der Waals surface area contributed by atoms with Crippen molar-refractivity contribution in [3.63, 3.8) is 0 Å². The number of pyridine rings is 1. The van der Waals surface area contributed by atoms with Gasteiger partial charge in [0.25, 0.3) is 0 Å². The maximum atomic E-state index is 12.5. The number of nitrogens with one attached hydrogen (secondary N) is 1. The molecule has 1 saturated carbocycles. The maximum Gasteiger partial charge on any atom is 0.244 e. The van der Waals surface area contributed by atoms with Crippen molar-refractivity contribution >= 4 is 17.5 Å². The average Bonchev–Trinajstić information content (AvgIpc) is 3.23. The molecule has 35 heavy (non-hydrogen) atoms. The molecule has 1 N–H and O–H groups in total. The smallest absolute Gasteiger partial charge is 0.244 e. The first-order valence-corrected chi connectivity index (χ1v) is 11.7. The second kappa shape index (κ2) is 11.0. The number of rotatable bonds is 10. The van der Waals surface area contributed by atoms with Gasteiger partial charge in [0.1, 0.15) is 25.0 Å². The van der Waals surface area contributed by atoms with Crippen molar-refractivity contribution in [2.24, 2.45) is 5.92 Å². The number of aryl methyl sites for hydroxylation is 2. The lowest BCUT2D eigenvalue weighted by atomic mass is 9.81. The Morgan fingerprint density at radius 1 is 1.14 bits per heavy atom. The molecule has 0 atom stereocenters. The maximum absolute atomic E-state index is 12.5. The van der Waals surface area contributed by atoms with E-state index < -0.39 is 0 Å². The van der Waals surface area contributed by atoms with E-state index in [2.05, 4.69) is 15.4 Å². The van der Waals surface area contributed by atoms with Crippen LogP contribution >= 0.6 is 0 Å². The fraction of sp³-hybridized carbons (Fsp3) is 0.385. The van der Waals surface area contributed by atoms with Gasteiger partial charge < -0.3 is 19.7 Å². The molecule has 0 aliphatic heterocycles. The average molecular weight is 478 g/mol. The van der Waals surface area contributed by atoms with Crippen molar-refractivity contribution < 1.29 is 19.1 Å². The third-order valence-corrected chi connectivity index (χ3v) is 5.96. The lowest BCUT2D eigenvalue weighted by molar-refractivity contribution is -0.131. The van der Waals surface area contributed by atoms with Crippen LogP contribution in [0.4, 0.5) is 5.69 Å². The van der Waals surface area contributed by atoms with Crippen molar-refractivity contribution in [3.05, 3.63) is 66.1 Å². The van der Waals surface area contributed by atoms with Crippen molar-refractivity contribution in [1.29, 1.82) is 0 Å². The van der Waals surface area contributed by atoms with E-state index in [0.29, 0.717) is 37.6 Å². The van der Waals surface area contributed by atoms with Crippen LogP contribution in [0.15, 0.2) is 54.9 Å². The molecule has 9 nitrogen and oxygen atoms in total. The summed E-state index contributed by atoms with van der Waals surface area (Å²) in [7, 11) is 1.73. The van der Waals surface area contributed by atoms with E-state index in [1.807, 2.05) is 56.3 Å². The standard InChI is InChI=1S/C26H31N5O4/c1-18-7-9-22(10-8-18)34-12-11-30(3)25(32)17-31-16-21(15-27-31)29-26(33)20-13-23(14-20)35-24-6-4-5-19(2)28-24/h4-10,15-16,20,23H,11-14,17H2,1-3H3,(H,29,33). The summed E-state index contributed by atoms with van der Waals surface area (Å²) in [5.74, 6) is 1.08. The van der Waals surface area contributed by atoms with Gasteiger partial charge in [0.05, 0.1) is 18.4 Å². The largest absolute Gasteiger partial charge is 0.492 e. The summed E-state index contributed by atoms with van der Waals surface area (Å²) in [6.07, 6.45) is 4.49. The fourth-order valence-electron chi connectivity index (χ4n) is 3.71. The van der Waals surface area contributed by atoms with Gasteiger partial charge in [-0.05, 0) is 44.9 Å². The van der Waals surface area contributed by atoms with Crippen LogP contribution in [-0.4, -0.2) is 57.8 Å². The molecule has 0 saturated heterocycles. The fourth-order valence-corrected chi connectivity index (χ4v) is 3.71. The molecule has 9 heteroatoms. The minimum absolute atomic E-state index is 0.00841. The van der Waals surface area contributed by atoms with Crippen LogP contribution in [0.25, 0.3) is 0 Å². The summed E-state index contributed by atoms with van der Waals surface area (Å²) in [6.45, 7) is 4.88. The Morgan fingerprint density at radius 3 is 2.66 bits per heavy atom. The van der Waals surface area contributed by atoms with Crippen molar-refractivity contribution in [2.45, 2.75) is 39.3 Å². The molecule has 0 bridgehead atoms. The third kappa shape index (κ3) is 6.81. The highest BCUT2D eigenvalue weighted by atomic mass is 16.5. The number of benzene rings is 1. The number of hydrogen-bond donors (Lipinski definition) is 1. The van der Waals surface area contributed by atoms with Gasteiger partial charge in [-0.15, -0.1) is 0 Å². The molecule has 2 amide bonds. The van der Waals surface area contributed by atoms with Crippen LogP contribution < -0.4 is 14.8 Å². The van der Waals surface area contributed by atoms with Crippen LogP contribution in [0.1, 0.15) is 24.1 Å². The first kappa shape index (κ1) is 24.3. The number of carbonyl (C=O) groups is 2. The summed E-state index contributed by atoms with van der Waals surface area (Å²) in [6, 6.07) is 13.4. The van der Waals surface area contributed by atoms with Gasteiger partial charge in [-0.2, -0.15) is 5.10 Å². The zero-order valence-electron chi connectivity index (χ0n) is 20.3. The quantitative estimate of drug-likeness (QED) is 0.481. The Hall–Kier alpha value is -3.88. The predicted octanol–water partition coefficient (Wildman–Crippen LogP) is 3.23. The van der Waals surface area contributed by atoms with Crippen LogP contribution in [-0.2, 0) is 16.1 Å². The van der Waals surface area contributed by atoms with Gasteiger partial charge in [-0.3, -0.25) is 14.3 Å². The number of anilines is 1. The second-order valence-electron chi connectivity index (χ2n) is 8.92. The van der Waals surface area contributed by atoms with Crippen LogP contribution in [0.5, 0.6) is 11.6 Å². The normalized spacial score (nSPS) is 16.8. The van der Waals surface area contributed by atoms with E-state index in [0.717, 1.165) is 11.4 Å². The molecular formula is C26H31N5O4. The van der Waals surface area contributed by atoms with Crippen LogP contribution in [0.2, 0.25) is 0 Å². The number of ether oxygens (including phenoxy) is 2. The van der Waals surface area contributed by atoms with Gasteiger partial charge >= 0.3 is 0 Å². The number of nitrogens with zero attached hydrogens (tertiary/aromatic N) is 4. The van der Waals surface area contributed by atoms with Gasteiger partial charge in [0.15, 0.2) is 0 Å². The first-order chi connectivity index (χ1) is 16.9. The summed E-state index contributed by atoms with van der Waals surface area (Å²) >= 11 is 0. The Kier molecular flexibility index (Phi) is 7.64. The molecule has 0 unspecified atom stereocenters. The number of hydrogen-bond acceptors (Lipinski definition) is 6. The molecule has 1 fully saturated rings. The minimum atomic E-state index is -0.116. The molecule has 0 spiro atoms. The summed E-state index contributed by atoms with van der Waals surface area (Å²) in [4.78, 5) is 31.0. The van der Waals surface area contributed by atoms with Gasteiger partial charge in [-0.1, -0.05) is 23.8 Å². The Balaban J connectivity index is 1.16. The molecule has 184 valence electrons. The number of likely N-dealkylation sites (N-methyl/N-ethyl adjacent to an activating group) is 1. The molecule has 1 aliphatic carbocycles. The summed E-state index contributed by atoms with van der Waals surface area (Å²) in [5, 5.41) is 7.08. The summed E-state index contributed by atoms with van der Waals surface area (Å²) in [5.41, 5.74) is 2.63. The Labute approximate surface area is 205 Å². The Morgan fingerprint density at radius 2 is 1.91 bits per heavy atom. The third-order valence-electron chi connectivity index (χ3n) is 5.96. The van der Waals surface area contributed by atoms with E-state index in [1.54, 1.807) is 24.3 Å². The summed E-state index contributed by atoms with van der Waals surface area (Å²) < 4.78 is 13.0. The van der Waals surface area contributed by atoms with E-state index in [-0.39, 0.29) is 30.4 Å². The molecule has 1 aromatic carbocycles. The monoisotopic (exact) mass is 477 g/mol. The highest BCUT2D eigenvalue weighted by Crippen LogP contribution is 2.32. The van der Waals surface area contributed by atoms with Crippen LogP contribution in [0, 0.1) is 19.8 Å².